The van der Waals surface area contributed by atoms with Crippen LogP contribution in [0.15, 0.2) is 54.9 Å². The number of hydrogen-bond acceptors (Lipinski definition) is 8. The third-order valence-electron chi connectivity index (χ3n) is 4.65. The van der Waals surface area contributed by atoms with Crippen LogP contribution in [0.2, 0.25) is 0 Å². The van der Waals surface area contributed by atoms with E-state index in [1.165, 1.54) is 42.7 Å². The molecule has 1 aliphatic rings. The number of rotatable bonds is 3. The van der Waals surface area contributed by atoms with Crippen molar-refractivity contribution in [2.75, 3.05) is 0 Å². The summed E-state index contributed by atoms with van der Waals surface area (Å²) in [6.45, 7) is 0. The van der Waals surface area contributed by atoms with Gasteiger partial charge in [-0.2, -0.15) is 0 Å². The number of carbonyl (C=O) groups excluding carboxylic acids is 1. The number of benzene rings is 2. The van der Waals surface area contributed by atoms with Gasteiger partial charge in [-0.3, -0.25) is 4.98 Å². The zero-order chi connectivity index (χ0) is 20.5. The second-order valence-electron chi connectivity index (χ2n) is 6.62. The molecule has 3 aromatic rings. The maximum atomic E-state index is 12.6. The smallest absolute Gasteiger partial charge is 0.340 e. The third-order valence-corrected chi connectivity index (χ3v) is 4.65. The SMILES string of the molecule is O=C(OC1Cc2c(O)cc(O)cc2OC1c1ccc(O)c(O)c1)c1cccnc1. The number of phenolic OH excluding ortho intramolecular Hbond substituents is 4. The number of ether oxygens (including phenoxy) is 2. The molecule has 148 valence electrons. The van der Waals surface area contributed by atoms with Crippen LogP contribution in [0.25, 0.3) is 0 Å². The third kappa shape index (κ3) is 3.60. The molecule has 0 spiro atoms. The number of pyridine rings is 1. The average Bonchev–Trinajstić information content (AvgIpc) is 2.70. The number of carbonyl (C=O) groups is 1. The quantitative estimate of drug-likeness (QED) is 0.394. The molecule has 0 bridgehead atoms. The van der Waals surface area contributed by atoms with Crippen LogP contribution >= 0.6 is 0 Å². The molecule has 2 unspecified atom stereocenters. The van der Waals surface area contributed by atoms with E-state index in [2.05, 4.69) is 4.98 Å². The van der Waals surface area contributed by atoms with E-state index in [1.54, 1.807) is 12.1 Å². The topological polar surface area (TPSA) is 129 Å². The monoisotopic (exact) mass is 395 g/mol. The van der Waals surface area contributed by atoms with E-state index in [4.69, 9.17) is 9.47 Å². The van der Waals surface area contributed by atoms with E-state index in [0.717, 1.165) is 0 Å². The summed E-state index contributed by atoms with van der Waals surface area (Å²) in [7, 11) is 0. The Labute approximate surface area is 165 Å². The molecule has 0 amide bonds. The van der Waals surface area contributed by atoms with Gasteiger partial charge in [-0.15, -0.1) is 0 Å². The van der Waals surface area contributed by atoms with Gasteiger partial charge in [0.05, 0.1) is 5.56 Å². The Kier molecular flexibility index (Phi) is 4.59. The van der Waals surface area contributed by atoms with Crippen molar-refractivity contribution in [3.63, 3.8) is 0 Å². The molecule has 8 nitrogen and oxygen atoms in total. The van der Waals surface area contributed by atoms with Crippen molar-refractivity contribution >= 4 is 5.97 Å². The number of nitrogens with zero attached hydrogens (tertiary/aromatic N) is 1. The molecule has 2 atom stereocenters. The van der Waals surface area contributed by atoms with Gasteiger partial charge < -0.3 is 29.9 Å². The highest BCUT2D eigenvalue weighted by Crippen LogP contribution is 2.43. The Morgan fingerprint density at radius 2 is 1.86 bits per heavy atom. The molecule has 2 heterocycles. The van der Waals surface area contributed by atoms with Crippen LogP contribution in [0.3, 0.4) is 0 Å². The number of phenols is 4. The van der Waals surface area contributed by atoms with Gasteiger partial charge in [0.1, 0.15) is 23.4 Å². The average molecular weight is 395 g/mol. The van der Waals surface area contributed by atoms with E-state index >= 15 is 0 Å². The number of aromatic hydroxyl groups is 4. The summed E-state index contributed by atoms with van der Waals surface area (Å²) in [5.74, 6) is -1.42. The molecule has 29 heavy (non-hydrogen) atoms. The second-order valence-corrected chi connectivity index (χ2v) is 6.62. The molecule has 4 N–H and O–H groups in total. The fraction of sp³-hybridized carbons (Fsp3) is 0.143. The zero-order valence-electron chi connectivity index (χ0n) is 15.0. The molecular formula is C21H17NO7. The number of aromatic nitrogens is 1. The summed E-state index contributed by atoms with van der Waals surface area (Å²) >= 11 is 0. The maximum Gasteiger partial charge on any atom is 0.340 e. The lowest BCUT2D eigenvalue weighted by atomic mass is 9.93. The molecule has 0 aliphatic carbocycles. The molecule has 2 aromatic carbocycles. The van der Waals surface area contributed by atoms with Crippen molar-refractivity contribution in [2.24, 2.45) is 0 Å². The maximum absolute atomic E-state index is 12.6. The van der Waals surface area contributed by atoms with E-state index < -0.39 is 18.2 Å². The van der Waals surface area contributed by atoms with Crippen molar-refractivity contribution in [2.45, 2.75) is 18.6 Å². The lowest BCUT2D eigenvalue weighted by Crippen LogP contribution is -2.34. The highest BCUT2D eigenvalue weighted by molar-refractivity contribution is 5.89. The molecular weight excluding hydrogens is 378 g/mol. The highest BCUT2D eigenvalue weighted by atomic mass is 16.6. The fourth-order valence-electron chi connectivity index (χ4n) is 3.24. The normalized spacial score (nSPS) is 17.8. The molecule has 8 heteroatoms. The lowest BCUT2D eigenvalue weighted by molar-refractivity contribution is -0.0188. The summed E-state index contributed by atoms with van der Waals surface area (Å²) in [5, 5.41) is 39.4. The number of hydrogen-bond donors (Lipinski definition) is 4. The molecule has 0 saturated heterocycles. The highest BCUT2D eigenvalue weighted by Gasteiger charge is 2.36. The Hall–Kier alpha value is -3.94. The molecule has 1 aliphatic heterocycles. The van der Waals surface area contributed by atoms with Crippen LogP contribution in [-0.2, 0) is 11.2 Å². The van der Waals surface area contributed by atoms with E-state index in [-0.39, 0.29) is 40.7 Å². The molecule has 1 aromatic heterocycles. The van der Waals surface area contributed by atoms with Crippen LogP contribution in [0.1, 0.15) is 27.6 Å². The minimum absolute atomic E-state index is 0.111. The van der Waals surface area contributed by atoms with Gasteiger partial charge in [0.15, 0.2) is 17.6 Å². The zero-order valence-corrected chi connectivity index (χ0v) is 15.0. The summed E-state index contributed by atoms with van der Waals surface area (Å²) in [4.78, 5) is 16.4. The first-order valence-corrected chi connectivity index (χ1v) is 8.77. The summed E-state index contributed by atoms with van der Waals surface area (Å²) < 4.78 is 11.6. The minimum atomic E-state index is -0.852. The van der Waals surface area contributed by atoms with Gasteiger partial charge in [-0.1, -0.05) is 6.07 Å². The van der Waals surface area contributed by atoms with Gasteiger partial charge in [-0.25, -0.2) is 4.79 Å². The molecule has 0 fully saturated rings. The minimum Gasteiger partial charge on any atom is -0.508 e. The number of esters is 1. The van der Waals surface area contributed by atoms with Gasteiger partial charge in [0.25, 0.3) is 0 Å². The Morgan fingerprint density at radius 1 is 1.03 bits per heavy atom. The summed E-state index contributed by atoms with van der Waals surface area (Å²) in [6, 6.07) is 9.81. The molecule has 0 radical (unpaired) electrons. The number of fused-ring (bicyclic) bond motifs is 1. The van der Waals surface area contributed by atoms with Crippen molar-refractivity contribution in [3.05, 3.63) is 71.5 Å². The lowest BCUT2D eigenvalue weighted by Gasteiger charge is -2.34. The van der Waals surface area contributed by atoms with Crippen LogP contribution < -0.4 is 4.74 Å². The fourth-order valence-corrected chi connectivity index (χ4v) is 3.24. The first-order valence-electron chi connectivity index (χ1n) is 8.77. The Balaban J connectivity index is 1.72. The van der Waals surface area contributed by atoms with Crippen LogP contribution in [0, 0.1) is 0 Å². The van der Waals surface area contributed by atoms with Gasteiger partial charge in [0.2, 0.25) is 0 Å². The van der Waals surface area contributed by atoms with Crippen LogP contribution in [-0.4, -0.2) is 37.5 Å². The predicted octanol–water partition coefficient (Wildman–Crippen LogP) is 2.81. The molecule has 4 rings (SSSR count). The van der Waals surface area contributed by atoms with E-state index in [9.17, 15) is 25.2 Å². The predicted molar refractivity (Wildman–Crippen MR) is 100 cm³/mol. The van der Waals surface area contributed by atoms with E-state index in [0.29, 0.717) is 11.1 Å². The largest absolute Gasteiger partial charge is 0.508 e. The van der Waals surface area contributed by atoms with Crippen molar-refractivity contribution < 1.29 is 34.7 Å². The Morgan fingerprint density at radius 3 is 2.59 bits per heavy atom. The molecule has 0 saturated carbocycles. The first-order chi connectivity index (χ1) is 13.9. The van der Waals surface area contributed by atoms with Crippen LogP contribution in [0.4, 0.5) is 0 Å². The van der Waals surface area contributed by atoms with Crippen LogP contribution in [0.5, 0.6) is 28.7 Å². The van der Waals surface area contributed by atoms with Gasteiger partial charge in [0, 0.05) is 42.1 Å². The standard InChI is InChI=1S/C21H17NO7/c23-13-7-16(25)14-9-19(29-21(27)12-2-1-5-22-10-12)20(28-18(14)8-13)11-3-4-15(24)17(26)6-11/h1-8,10,19-20,23-26H,9H2. The van der Waals surface area contributed by atoms with E-state index in [1.807, 2.05) is 0 Å². The van der Waals surface area contributed by atoms with Gasteiger partial charge in [-0.05, 0) is 24.3 Å². The van der Waals surface area contributed by atoms with Crippen molar-refractivity contribution in [1.29, 1.82) is 0 Å². The second kappa shape index (κ2) is 7.23. The summed E-state index contributed by atoms with van der Waals surface area (Å²) in [5.41, 5.74) is 1.07. The first kappa shape index (κ1) is 18.4. The van der Waals surface area contributed by atoms with Crippen molar-refractivity contribution in [1.82, 2.24) is 4.98 Å². The summed E-state index contributed by atoms with van der Waals surface area (Å²) in [6.07, 6.45) is 1.31. The van der Waals surface area contributed by atoms with Crippen molar-refractivity contribution in [3.8, 4) is 28.7 Å². The van der Waals surface area contributed by atoms with Gasteiger partial charge >= 0.3 is 5.97 Å². The Bertz CT molecular complexity index is 1070.